The van der Waals surface area contributed by atoms with E-state index < -0.39 is 0 Å². The van der Waals surface area contributed by atoms with Crippen LogP contribution in [0.4, 0.5) is 0 Å². The Hall–Kier alpha value is 0.310. The predicted octanol–water partition coefficient (Wildman–Crippen LogP) is 3.32. The molecule has 6 heteroatoms. The molecule has 2 rings (SSSR count). The van der Waals surface area contributed by atoms with Crippen molar-refractivity contribution in [2.24, 2.45) is 4.99 Å². The first-order chi connectivity index (χ1) is 10.7. The molecule has 2 aliphatic heterocycles. The van der Waals surface area contributed by atoms with Gasteiger partial charge in [0.15, 0.2) is 5.96 Å². The van der Waals surface area contributed by atoms with Crippen LogP contribution in [0.3, 0.4) is 0 Å². The molecule has 0 amide bonds. The lowest BCUT2D eigenvalue weighted by Crippen LogP contribution is -2.46. The lowest BCUT2D eigenvalue weighted by atomic mass is 10.1. The molecule has 2 unspecified atom stereocenters. The van der Waals surface area contributed by atoms with Gasteiger partial charge >= 0.3 is 0 Å². The van der Waals surface area contributed by atoms with Crippen molar-refractivity contribution in [3.05, 3.63) is 0 Å². The van der Waals surface area contributed by atoms with Gasteiger partial charge in [-0.15, -0.1) is 24.0 Å². The molecule has 0 aromatic carbocycles. The van der Waals surface area contributed by atoms with E-state index in [0.717, 1.165) is 25.6 Å². The molecular weight excluding hydrogens is 419 g/mol. The summed E-state index contributed by atoms with van der Waals surface area (Å²) < 4.78 is 0.349. The zero-order valence-corrected chi connectivity index (χ0v) is 18.2. The summed E-state index contributed by atoms with van der Waals surface area (Å²) in [5.74, 6) is 2.29. The Morgan fingerprint density at radius 1 is 1.22 bits per heavy atom. The van der Waals surface area contributed by atoms with E-state index in [-0.39, 0.29) is 24.0 Å². The summed E-state index contributed by atoms with van der Waals surface area (Å²) >= 11 is 2.08. The van der Waals surface area contributed by atoms with Crippen molar-refractivity contribution in [3.63, 3.8) is 0 Å². The van der Waals surface area contributed by atoms with Crippen LogP contribution < -0.4 is 10.6 Å². The van der Waals surface area contributed by atoms with E-state index in [1.807, 2.05) is 0 Å². The smallest absolute Gasteiger partial charge is 0.191 e. The van der Waals surface area contributed by atoms with Gasteiger partial charge in [0.2, 0.25) is 0 Å². The van der Waals surface area contributed by atoms with Crippen LogP contribution in [-0.2, 0) is 0 Å². The Balaban J connectivity index is 0.00000264. The topological polar surface area (TPSA) is 39.7 Å². The van der Waals surface area contributed by atoms with Crippen molar-refractivity contribution in [1.29, 1.82) is 0 Å². The van der Waals surface area contributed by atoms with E-state index in [1.54, 1.807) is 0 Å². The molecule has 0 radical (unpaired) electrons. The van der Waals surface area contributed by atoms with Gasteiger partial charge in [-0.3, -0.25) is 9.89 Å². The number of rotatable bonds is 7. The molecule has 2 aliphatic rings. The van der Waals surface area contributed by atoms with E-state index in [1.165, 1.54) is 50.9 Å². The van der Waals surface area contributed by atoms with Gasteiger partial charge < -0.3 is 10.6 Å². The summed E-state index contributed by atoms with van der Waals surface area (Å²) in [5, 5.41) is 6.98. The minimum Gasteiger partial charge on any atom is -0.357 e. The van der Waals surface area contributed by atoms with E-state index in [4.69, 9.17) is 4.99 Å². The molecule has 23 heavy (non-hydrogen) atoms. The molecule has 0 aromatic heterocycles. The second-order valence-electron chi connectivity index (χ2n) is 6.78. The molecule has 2 fully saturated rings. The first-order valence-corrected chi connectivity index (χ1v) is 10.1. The van der Waals surface area contributed by atoms with Gasteiger partial charge in [-0.1, -0.05) is 6.92 Å². The largest absolute Gasteiger partial charge is 0.357 e. The van der Waals surface area contributed by atoms with Crippen LogP contribution in [0.25, 0.3) is 0 Å². The maximum Gasteiger partial charge on any atom is 0.191 e. The maximum absolute atomic E-state index is 4.86. The molecule has 2 N–H and O–H groups in total. The third-order valence-corrected chi connectivity index (χ3v) is 6.37. The molecule has 0 saturated carbocycles. The Kier molecular flexibility index (Phi) is 10.2. The van der Waals surface area contributed by atoms with Crippen molar-refractivity contribution in [3.8, 4) is 0 Å². The zero-order chi connectivity index (χ0) is 15.8. The van der Waals surface area contributed by atoms with Crippen LogP contribution in [0.1, 0.15) is 52.9 Å². The summed E-state index contributed by atoms with van der Waals surface area (Å²) in [4.78, 5) is 7.48. The van der Waals surface area contributed by atoms with E-state index in [2.05, 4.69) is 48.1 Å². The highest BCUT2D eigenvalue weighted by atomic mass is 127. The van der Waals surface area contributed by atoms with Crippen LogP contribution >= 0.6 is 35.7 Å². The predicted molar refractivity (Wildman–Crippen MR) is 114 cm³/mol. The van der Waals surface area contributed by atoms with Crippen LogP contribution in [-0.4, -0.2) is 60.1 Å². The SMILES string of the molecule is CCNC(=NCC1(C)CCCS1)NCC(CC)N1CCCC1.I. The lowest BCUT2D eigenvalue weighted by molar-refractivity contribution is 0.236. The van der Waals surface area contributed by atoms with Crippen LogP contribution in [0.5, 0.6) is 0 Å². The van der Waals surface area contributed by atoms with Gasteiger partial charge in [0.25, 0.3) is 0 Å². The van der Waals surface area contributed by atoms with Crippen molar-refractivity contribution in [1.82, 2.24) is 15.5 Å². The normalized spacial score (nSPS) is 26.8. The monoisotopic (exact) mass is 454 g/mol. The minimum atomic E-state index is 0. The molecule has 0 aliphatic carbocycles. The van der Waals surface area contributed by atoms with Gasteiger partial charge in [0.1, 0.15) is 0 Å². The Morgan fingerprint density at radius 3 is 2.52 bits per heavy atom. The zero-order valence-electron chi connectivity index (χ0n) is 15.1. The van der Waals surface area contributed by atoms with Crippen LogP contribution in [0, 0.1) is 0 Å². The van der Waals surface area contributed by atoms with Gasteiger partial charge in [0, 0.05) is 23.9 Å². The number of aliphatic imine (C=N–C) groups is 1. The van der Waals surface area contributed by atoms with Crippen molar-refractivity contribution < 1.29 is 0 Å². The molecular formula is C17H35IN4S. The molecule has 2 heterocycles. The summed E-state index contributed by atoms with van der Waals surface area (Å²) in [6.45, 7) is 12.2. The number of hydrogen-bond acceptors (Lipinski definition) is 3. The number of nitrogens with zero attached hydrogens (tertiary/aromatic N) is 2. The van der Waals surface area contributed by atoms with Gasteiger partial charge in [-0.05, 0) is 64.8 Å². The summed E-state index contributed by atoms with van der Waals surface area (Å²) in [6, 6.07) is 0.641. The second kappa shape index (κ2) is 11.0. The first kappa shape index (κ1) is 21.4. The molecule has 0 spiro atoms. The fourth-order valence-corrected chi connectivity index (χ4v) is 4.63. The number of likely N-dealkylation sites (tertiary alicyclic amines) is 1. The standard InChI is InChI=1S/C17H34N4S.HI/c1-4-15(21-10-6-7-11-21)13-19-16(18-5-2)20-14-17(3)9-8-12-22-17;/h15H,4-14H2,1-3H3,(H2,18,19,20);1H. The molecule has 136 valence electrons. The molecule has 2 atom stereocenters. The van der Waals surface area contributed by atoms with Crippen LogP contribution in [0.2, 0.25) is 0 Å². The molecule has 2 saturated heterocycles. The highest BCUT2D eigenvalue weighted by Gasteiger charge is 2.29. The number of guanidine groups is 1. The van der Waals surface area contributed by atoms with Crippen LogP contribution in [0.15, 0.2) is 4.99 Å². The summed E-state index contributed by atoms with van der Waals surface area (Å²) in [6.07, 6.45) is 6.57. The Labute approximate surface area is 164 Å². The summed E-state index contributed by atoms with van der Waals surface area (Å²) in [5.41, 5.74) is 0. The van der Waals surface area contributed by atoms with Gasteiger partial charge in [-0.25, -0.2) is 0 Å². The number of thioether (sulfide) groups is 1. The molecule has 4 nitrogen and oxygen atoms in total. The fraction of sp³-hybridized carbons (Fsp3) is 0.941. The van der Waals surface area contributed by atoms with Gasteiger partial charge in [-0.2, -0.15) is 11.8 Å². The van der Waals surface area contributed by atoms with Gasteiger partial charge in [0.05, 0.1) is 6.54 Å². The number of nitrogens with one attached hydrogen (secondary N) is 2. The third kappa shape index (κ3) is 6.98. The highest BCUT2D eigenvalue weighted by Crippen LogP contribution is 2.37. The quantitative estimate of drug-likeness (QED) is 0.352. The molecule has 0 bridgehead atoms. The van der Waals surface area contributed by atoms with E-state index in [0.29, 0.717) is 10.8 Å². The molecule has 0 aromatic rings. The summed E-state index contributed by atoms with van der Waals surface area (Å²) in [7, 11) is 0. The van der Waals surface area contributed by atoms with E-state index >= 15 is 0 Å². The average molecular weight is 454 g/mol. The maximum atomic E-state index is 4.86. The minimum absolute atomic E-state index is 0. The Bertz CT molecular complexity index is 353. The van der Waals surface area contributed by atoms with Crippen molar-refractivity contribution in [2.75, 3.05) is 38.5 Å². The lowest BCUT2D eigenvalue weighted by Gasteiger charge is -2.27. The second-order valence-corrected chi connectivity index (χ2v) is 8.47. The average Bonchev–Trinajstić information content (AvgIpc) is 3.18. The Morgan fingerprint density at radius 2 is 1.96 bits per heavy atom. The van der Waals surface area contributed by atoms with E-state index in [9.17, 15) is 0 Å². The number of halogens is 1. The van der Waals surface area contributed by atoms with Crippen molar-refractivity contribution >= 4 is 41.7 Å². The van der Waals surface area contributed by atoms with Crippen molar-refractivity contribution in [2.45, 2.75) is 63.7 Å². The first-order valence-electron chi connectivity index (χ1n) is 9.07. The fourth-order valence-electron chi connectivity index (χ4n) is 3.40. The highest BCUT2D eigenvalue weighted by molar-refractivity contribution is 14.0. The third-order valence-electron chi connectivity index (χ3n) is 4.85. The number of hydrogen-bond donors (Lipinski definition) is 2.